The molecule has 0 radical (unpaired) electrons. The maximum atomic E-state index is 11.0. The SMILES string of the molecule is CC(=O)Nc1nc(Cl)nc2c(Cl)cccc12. The zero-order chi connectivity index (χ0) is 11.7. The molecule has 16 heavy (non-hydrogen) atoms. The van der Waals surface area contributed by atoms with E-state index in [4.69, 9.17) is 23.2 Å². The topological polar surface area (TPSA) is 54.9 Å². The molecule has 0 atom stereocenters. The molecular weight excluding hydrogens is 249 g/mol. The molecule has 1 amide bonds. The number of hydrogen-bond acceptors (Lipinski definition) is 3. The van der Waals surface area contributed by atoms with E-state index in [2.05, 4.69) is 15.3 Å². The number of amides is 1. The summed E-state index contributed by atoms with van der Waals surface area (Å²) in [6.45, 7) is 1.40. The Morgan fingerprint density at radius 3 is 2.75 bits per heavy atom. The number of anilines is 1. The summed E-state index contributed by atoms with van der Waals surface area (Å²) < 4.78 is 0. The van der Waals surface area contributed by atoms with E-state index in [0.29, 0.717) is 21.7 Å². The van der Waals surface area contributed by atoms with Crippen molar-refractivity contribution < 1.29 is 4.79 Å². The average Bonchev–Trinajstić information content (AvgIpc) is 2.18. The van der Waals surface area contributed by atoms with Gasteiger partial charge in [0.05, 0.1) is 10.5 Å². The highest BCUT2D eigenvalue weighted by molar-refractivity contribution is 6.36. The molecule has 0 aliphatic carbocycles. The van der Waals surface area contributed by atoms with E-state index in [0.717, 1.165) is 0 Å². The van der Waals surface area contributed by atoms with Crippen LogP contribution in [0.25, 0.3) is 10.9 Å². The summed E-state index contributed by atoms with van der Waals surface area (Å²) in [5.41, 5.74) is 0.521. The highest BCUT2D eigenvalue weighted by Gasteiger charge is 2.09. The van der Waals surface area contributed by atoms with Gasteiger partial charge in [-0.3, -0.25) is 4.79 Å². The van der Waals surface area contributed by atoms with Crippen molar-refractivity contribution in [2.24, 2.45) is 0 Å². The lowest BCUT2D eigenvalue weighted by Crippen LogP contribution is -2.08. The second kappa shape index (κ2) is 4.23. The third-order valence-electron chi connectivity index (χ3n) is 1.94. The molecule has 6 heteroatoms. The Bertz CT molecular complexity index is 571. The first-order valence-corrected chi connectivity index (χ1v) is 5.23. The monoisotopic (exact) mass is 255 g/mol. The number of carbonyl (C=O) groups is 1. The lowest BCUT2D eigenvalue weighted by atomic mass is 10.2. The molecule has 0 spiro atoms. The Labute approximate surface area is 102 Å². The molecule has 0 bridgehead atoms. The van der Waals surface area contributed by atoms with Gasteiger partial charge in [0.15, 0.2) is 0 Å². The van der Waals surface area contributed by atoms with Crippen LogP contribution in [0.4, 0.5) is 5.82 Å². The molecule has 1 aromatic carbocycles. The van der Waals surface area contributed by atoms with Crippen LogP contribution in [-0.2, 0) is 4.79 Å². The van der Waals surface area contributed by atoms with Crippen molar-refractivity contribution in [3.05, 3.63) is 28.5 Å². The van der Waals surface area contributed by atoms with Crippen LogP contribution in [0.5, 0.6) is 0 Å². The van der Waals surface area contributed by atoms with Crippen molar-refractivity contribution in [3.8, 4) is 0 Å². The molecule has 0 aliphatic heterocycles. The molecular formula is C10H7Cl2N3O. The van der Waals surface area contributed by atoms with E-state index in [9.17, 15) is 4.79 Å². The summed E-state index contributed by atoms with van der Waals surface area (Å²) in [7, 11) is 0. The van der Waals surface area contributed by atoms with Gasteiger partial charge in [-0.25, -0.2) is 4.98 Å². The largest absolute Gasteiger partial charge is 0.310 e. The van der Waals surface area contributed by atoms with Crippen LogP contribution in [0, 0.1) is 0 Å². The lowest BCUT2D eigenvalue weighted by molar-refractivity contribution is -0.114. The van der Waals surface area contributed by atoms with E-state index in [1.165, 1.54) is 6.92 Å². The van der Waals surface area contributed by atoms with Gasteiger partial charge < -0.3 is 5.32 Å². The smallest absolute Gasteiger partial charge is 0.224 e. The number of halogens is 2. The number of para-hydroxylation sites is 1. The van der Waals surface area contributed by atoms with Crippen LogP contribution in [0.2, 0.25) is 10.3 Å². The van der Waals surface area contributed by atoms with Gasteiger partial charge in [0.1, 0.15) is 5.82 Å². The van der Waals surface area contributed by atoms with Gasteiger partial charge in [-0.1, -0.05) is 17.7 Å². The van der Waals surface area contributed by atoms with Crippen molar-refractivity contribution in [1.29, 1.82) is 0 Å². The van der Waals surface area contributed by atoms with Crippen LogP contribution in [0.1, 0.15) is 6.92 Å². The van der Waals surface area contributed by atoms with Crippen molar-refractivity contribution in [2.75, 3.05) is 5.32 Å². The minimum atomic E-state index is -0.226. The molecule has 2 rings (SSSR count). The molecule has 82 valence electrons. The number of hydrogen-bond donors (Lipinski definition) is 1. The van der Waals surface area contributed by atoms with Gasteiger partial charge in [-0.2, -0.15) is 4.98 Å². The van der Waals surface area contributed by atoms with Gasteiger partial charge in [0.2, 0.25) is 11.2 Å². The number of rotatable bonds is 1. The molecule has 1 N–H and O–H groups in total. The Hall–Kier alpha value is -1.39. The Kier molecular flexibility index (Phi) is 2.94. The first kappa shape index (κ1) is 11.1. The maximum absolute atomic E-state index is 11.0. The number of nitrogens with zero attached hydrogens (tertiary/aromatic N) is 2. The van der Waals surface area contributed by atoms with E-state index >= 15 is 0 Å². The summed E-state index contributed by atoms with van der Waals surface area (Å²) in [5.74, 6) is 0.140. The van der Waals surface area contributed by atoms with Crippen LogP contribution in [0.15, 0.2) is 18.2 Å². The van der Waals surface area contributed by atoms with Crippen LogP contribution in [-0.4, -0.2) is 15.9 Å². The van der Waals surface area contributed by atoms with E-state index in [-0.39, 0.29) is 11.2 Å². The average molecular weight is 256 g/mol. The van der Waals surface area contributed by atoms with E-state index < -0.39 is 0 Å². The third-order valence-corrected chi connectivity index (χ3v) is 2.42. The predicted molar refractivity (Wildman–Crippen MR) is 63.9 cm³/mol. The molecule has 4 nitrogen and oxygen atoms in total. The van der Waals surface area contributed by atoms with Crippen molar-refractivity contribution in [2.45, 2.75) is 6.92 Å². The first-order chi connectivity index (χ1) is 7.58. The zero-order valence-corrected chi connectivity index (χ0v) is 9.80. The summed E-state index contributed by atoms with van der Waals surface area (Å²) in [6.07, 6.45) is 0. The van der Waals surface area contributed by atoms with E-state index in [1.807, 2.05) is 0 Å². The third kappa shape index (κ3) is 2.08. The Morgan fingerprint density at radius 2 is 2.06 bits per heavy atom. The molecule has 0 unspecified atom stereocenters. The number of carbonyl (C=O) groups excluding carboxylic acids is 1. The van der Waals surface area contributed by atoms with Gasteiger partial charge in [0.25, 0.3) is 0 Å². The van der Waals surface area contributed by atoms with Gasteiger partial charge in [-0.05, 0) is 23.7 Å². The molecule has 1 heterocycles. The Balaban J connectivity index is 2.72. The predicted octanol–water partition coefficient (Wildman–Crippen LogP) is 2.90. The van der Waals surface area contributed by atoms with Crippen molar-refractivity contribution in [3.63, 3.8) is 0 Å². The fraction of sp³-hybridized carbons (Fsp3) is 0.100. The van der Waals surface area contributed by atoms with Gasteiger partial charge >= 0.3 is 0 Å². The van der Waals surface area contributed by atoms with Crippen LogP contribution >= 0.6 is 23.2 Å². The minimum absolute atomic E-state index is 0.0457. The summed E-state index contributed by atoms with van der Waals surface area (Å²) in [5, 5.41) is 3.75. The second-order valence-corrected chi connectivity index (χ2v) is 3.90. The lowest BCUT2D eigenvalue weighted by Gasteiger charge is -2.06. The highest BCUT2D eigenvalue weighted by Crippen LogP contribution is 2.27. The number of fused-ring (bicyclic) bond motifs is 1. The van der Waals surface area contributed by atoms with Crippen LogP contribution in [0.3, 0.4) is 0 Å². The Morgan fingerprint density at radius 1 is 1.31 bits per heavy atom. The second-order valence-electron chi connectivity index (χ2n) is 3.16. The van der Waals surface area contributed by atoms with Crippen molar-refractivity contribution in [1.82, 2.24) is 9.97 Å². The normalized spacial score (nSPS) is 10.4. The number of nitrogens with one attached hydrogen (secondary N) is 1. The molecule has 0 aliphatic rings. The molecule has 0 saturated heterocycles. The standard InChI is InChI=1S/C10H7Cl2N3O/c1-5(16)13-9-6-3-2-4-7(11)8(6)14-10(12)15-9/h2-4H,1H3,(H,13,14,15,16). The number of aromatic nitrogens is 2. The molecule has 2 aromatic rings. The minimum Gasteiger partial charge on any atom is -0.310 e. The molecule has 0 saturated carbocycles. The first-order valence-electron chi connectivity index (χ1n) is 4.47. The highest BCUT2D eigenvalue weighted by atomic mass is 35.5. The molecule has 1 aromatic heterocycles. The fourth-order valence-corrected chi connectivity index (χ4v) is 1.74. The van der Waals surface area contributed by atoms with Gasteiger partial charge in [-0.15, -0.1) is 0 Å². The van der Waals surface area contributed by atoms with Crippen LogP contribution < -0.4 is 5.32 Å². The zero-order valence-electron chi connectivity index (χ0n) is 8.29. The van der Waals surface area contributed by atoms with Crippen molar-refractivity contribution >= 4 is 45.8 Å². The molecule has 0 fully saturated rings. The summed E-state index contributed by atoms with van der Waals surface area (Å²) in [6, 6.07) is 5.22. The number of benzene rings is 1. The summed E-state index contributed by atoms with van der Waals surface area (Å²) >= 11 is 11.7. The fourth-order valence-electron chi connectivity index (χ4n) is 1.35. The van der Waals surface area contributed by atoms with E-state index in [1.54, 1.807) is 18.2 Å². The van der Waals surface area contributed by atoms with Gasteiger partial charge in [0, 0.05) is 12.3 Å². The quantitative estimate of drug-likeness (QED) is 0.798. The maximum Gasteiger partial charge on any atom is 0.224 e. The summed E-state index contributed by atoms with van der Waals surface area (Å²) in [4.78, 5) is 19.0.